The Morgan fingerprint density at radius 2 is 1.59 bits per heavy atom. The van der Waals surface area contributed by atoms with Gasteiger partial charge in [-0.3, -0.25) is 14.5 Å². The summed E-state index contributed by atoms with van der Waals surface area (Å²) >= 11 is 13.4. The molecule has 2 aromatic rings. The highest BCUT2D eigenvalue weighted by Gasteiger charge is 2.43. The lowest BCUT2D eigenvalue weighted by Crippen LogP contribution is -2.54. The van der Waals surface area contributed by atoms with Crippen molar-refractivity contribution in [3.63, 3.8) is 0 Å². The number of halogens is 4. The van der Waals surface area contributed by atoms with Crippen LogP contribution in [0.15, 0.2) is 36.4 Å². The van der Waals surface area contributed by atoms with Gasteiger partial charge in [-0.15, -0.1) is 0 Å². The molecule has 1 unspecified atom stereocenters. The number of piperazine rings is 1. The third kappa shape index (κ3) is 6.73. The van der Waals surface area contributed by atoms with Gasteiger partial charge < -0.3 is 9.80 Å². The number of hydrogen-bond donors (Lipinski definition) is 0. The van der Waals surface area contributed by atoms with Crippen LogP contribution in [0, 0.1) is 5.92 Å². The van der Waals surface area contributed by atoms with Crippen LogP contribution in [0.25, 0.3) is 11.1 Å². The van der Waals surface area contributed by atoms with Gasteiger partial charge in [0.2, 0.25) is 11.8 Å². The Balaban J connectivity index is 1.23. The first kappa shape index (κ1) is 30.2. The first-order chi connectivity index (χ1) is 19.3. The van der Waals surface area contributed by atoms with Crippen LogP contribution in [0.4, 0.5) is 8.78 Å². The molecule has 2 aliphatic heterocycles. The lowest BCUT2D eigenvalue weighted by Gasteiger charge is -2.42. The summed E-state index contributed by atoms with van der Waals surface area (Å²) in [5.74, 6) is -3.06. The number of hydrogen-bond acceptors (Lipinski definition) is 3. The number of carbonyl (C=O) groups excluding carboxylic acids is 2. The minimum atomic E-state index is -2.70. The maximum Gasteiger partial charge on any atom is 0.253 e. The van der Waals surface area contributed by atoms with Gasteiger partial charge in [0.25, 0.3) is 5.91 Å². The molecule has 1 aliphatic carbocycles. The molecule has 2 heterocycles. The van der Waals surface area contributed by atoms with Crippen LogP contribution in [0.1, 0.15) is 68.8 Å². The Morgan fingerprint density at radius 1 is 0.951 bits per heavy atom. The molecule has 0 aromatic heterocycles. The molecule has 9 heteroatoms. The van der Waals surface area contributed by atoms with E-state index in [1.165, 1.54) is 0 Å². The van der Waals surface area contributed by atoms with E-state index in [2.05, 4.69) is 25.7 Å². The summed E-state index contributed by atoms with van der Waals surface area (Å²) in [6, 6.07) is 10.8. The first-order valence-electron chi connectivity index (χ1n) is 14.6. The summed E-state index contributed by atoms with van der Waals surface area (Å²) in [5.41, 5.74) is 3.15. The van der Waals surface area contributed by atoms with Crippen molar-refractivity contribution in [2.45, 2.75) is 76.8 Å². The fraction of sp³-hybridized carbons (Fsp3) is 0.562. The molecule has 3 fully saturated rings. The van der Waals surface area contributed by atoms with Gasteiger partial charge in [0.1, 0.15) is 0 Å². The van der Waals surface area contributed by atoms with Crippen LogP contribution in [0.2, 0.25) is 10.0 Å². The summed E-state index contributed by atoms with van der Waals surface area (Å²) in [6.45, 7) is 10.2. The molecule has 0 radical (unpaired) electrons. The van der Waals surface area contributed by atoms with E-state index in [1.807, 2.05) is 41.3 Å². The van der Waals surface area contributed by atoms with Gasteiger partial charge in [0, 0.05) is 78.7 Å². The second kappa shape index (κ2) is 11.8. The monoisotopic (exact) mass is 605 g/mol. The molecule has 3 aliphatic rings. The van der Waals surface area contributed by atoms with Crippen molar-refractivity contribution in [3.8, 4) is 11.1 Å². The topological polar surface area (TPSA) is 43.9 Å². The molecule has 2 atom stereocenters. The van der Waals surface area contributed by atoms with Gasteiger partial charge in [0.05, 0.1) is 0 Å². The summed E-state index contributed by atoms with van der Waals surface area (Å²) < 4.78 is 27.9. The number of amides is 2. The lowest BCUT2D eigenvalue weighted by molar-refractivity contribution is -0.136. The molecular weight excluding hydrogens is 567 g/mol. The number of likely N-dealkylation sites (tertiary alicyclic amines) is 1. The smallest absolute Gasteiger partial charge is 0.253 e. The number of alkyl halides is 2. The molecule has 222 valence electrons. The second-order valence-electron chi connectivity index (χ2n) is 12.8. The molecule has 41 heavy (non-hydrogen) atoms. The van der Waals surface area contributed by atoms with Gasteiger partial charge in [0.15, 0.2) is 0 Å². The zero-order valence-corrected chi connectivity index (χ0v) is 25.6. The van der Waals surface area contributed by atoms with Crippen LogP contribution in [-0.2, 0) is 11.2 Å². The minimum Gasteiger partial charge on any atom is -0.339 e. The SMILES string of the molecule is CC(C)(C)N1CCN(C(=O)c2ccc(-c3cc(Cl)c(C[C@@H]4CCN(C5CCCC(F)(F)C5)C4=O)c(Cl)c3)cc2)CC1. The van der Waals surface area contributed by atoms with E-state index in [1.54, 1.807) is 4.90 Å². The lowest BCUT2D eigenvalue weighted by atomic mass is 9.91. The van der Waals surface area contributed by atoms with Crippen LogP contribution in [0.5, 0.6) is 0 Å². The third-order valence-electron chi connectivity index (χ3n) is 8.98. The Morgan fingerprint density at radius 3 is 2.17 bits per heavy atom. The van der Waals surface area contributed by atoms with E-state index in [0.29, 0.717) is 66.5 Å². The van der Waals surface area contributed by atoms with Crippen LogP contribution < -0.4 is 0 Å². The average molecular weight is 607 g/mol. The second-order valence-corrected chi connectivity index (χ2v) is 13.6. The molecule has 2 amide bonds. The zero-order valence-electron chi connectivity index (χ0n) is 24.1. The van der Waals surface area contributed by atoms with Crippen molar-refractivity contribution < 1.29 is 18.4 Å². The fourth-order valence-electron chi connectivity index (χ4n) is 6.51. The van der Waals surface area contributed by atoms with Crippen molar-refractivity contribution in [2.24, 2.45) is 5.92 Å². The number of carbonyl (C=O) groups is 2. The van der Waals surface area contributed by atoms with Gasteiger partial charge in [-0.1, -0.05) is 35.3 Å². The summed E-state index contributed by atoms with van der Waals surface area (Å²) in [7, 11) is 0. The van der Waals surface area contributed by atoms with Crippen molar-refractivity contribution in [1.29, 1.82) is 0 Å². The van der Waals surface area contributed by atoms with Gasteiger partial charge in [-0.2, -0.15) is 0 Å². The summed E-state index contributed by atoms with van der Waals surface area (Å²) in [6.07, 6.45) is 1.71. The van der Waals surface area contributed by atoms with Crippen LogP contribution >= 0.6 is 23.2 Å². The average Bonchev–Trinajstić information content (AvgIpc) is 3.29. The van der Waals surface area contributed by atoms with E-state index in [4.69, 9.17) is 23.2 Å². The Bertz CT molecular complexity index is 1260. The summed E-state index contributed by atoms with van der Waals surface area (Å²) in [5, 5.41) is 0.944. The number of nitrogens with zero attached hydrogens (tertiary/aromatic N) is 3. The molecule has 0 bridgehead atoms. The van der Waals surface area contributed by atoms with Gasteiger partial charge in [-0.05, 0) is 87.4 Å². The van der Waals surface area contributed by atoms with E-state index in [0.717, 1.165) is 24.2 Å². The van der Waals surface area contributed by atoms with E-state index >= 15 is 0 Å². The van der Waals surface area contributed by atoms with Crippen molar-refractivity contribution >= 4 is 35.0 Å². The minimum absolute atomic E-state index is 0.0312. The van der Waals surface area contributed by atoms with Crippen molar-refractivity contribution in [1.82, 2.24) is 14.7 Å². The highest BCUT2D eigenvalue weighted by Crippen LogP contribution is 2.39. The Hall–Kier alpha value is -2.22. The van der Waals surface area contributed by atoms with Gasteiger partial charge >= 0.3 is 0 Å². The highest BCUT2D eigenvalue weighted by molar-refractivity contribution is 6.36. The molecule has 0 N–H and O–H groups in total. The fourth-order valence-corrected chi connectivity index (χ4v) is 7.15. The zero-order chi connectivity index (χ0) is 29.5. The highest BCUT2D eigenvalue weighted by atomic mass is 35.5. The maximum atomic E-state index is 14.0. The number of rotatable bonds is 5. The normalized spacial score (nSPS) is 23.7. The van der Waals surface area contributed by atoms with E-state index < -0.39 is 12.0 Å². The molecule has 2 saturated heterocycles. The molecule has 1 saturated carbocycles. The predicted octanol–water partition coefficient (Wildman–Crippen LogP) is 7.19. The maximum absolute atomic E-state index is 14.0. The standard InChI is InChI=1S/C32H39Cl2F2N3O2/c1-31(2,3)38-15-13-37(14-16-38)29(40)22-8-6-21(7-9-22)24-18-27(33)26(28(34)19-24)17-23-10-12-39(30(23)41)25-5-4-11-32(35,36)20-25/h6-9,18-19,23,25H,4-5,10-17,20H2,1-3H3/t23-,25?/m0/s1. The van der Waals surface area contributed by atoms with Crippen LogP contribution in [0.3, 0.4) is 0 Å². The molecule has 2 aromatic carbocycles. The van der Waals surface area contributed by atoms with Crippen LogP contribution in [-0.4, -0.2) is 76.7 Å². The number of benzene rings is 2. The first-order valence-corrected chi connectivity index (χ1v) is 15.4. The van der Waals surface area contributed by atoms with E-state index in [-0.39, 0.29) is 36.1 Å². The third-order valence-corrected chi connectivity index (χ3v) is 9.65. The molecule has 5 rings (SSSR count). The van der Waals surface area contributed by atoms with Crippen molar-refractivity contribution in [3.05, 3.63) is 57.6 Å². The van der Waals surface area contributed by atoms with Gasteiger partial charge in [-0.25, -0.2) is 8.78 Å². The van der Waals surface area contributed by atoms with Crippen molar-refractivity contribution in [2.75, 3.05) is 32.7 Å². The predicted molar refractivity (Wildman–Crippen MR) is 160 cm³/mol. The quantitative estimate of drug-likeness (QED) is 0.362. The van der Waals surface area contributed by atoms with E-state index in [9.17, 15) is 18.4 Å². The molecular formula is C32H39Cl2F2N3O2. The Kier molecular flexibility index (Phi) is 8.71. The Labute approximate surface area is 251 Å². The molecule has 0 spiro atoms. The largest absolute Gasteiger partial charge is 0.339 e. The summed E-state index contributed by atoms with van der Waals surface area (Å²) in [4.78, 5) is 32.2. The molecule has 5 nitrogen and oxygen atoms in total.